The van der Waals surface area contributed by atoms with Crippen LogP contribution >= 0.6 is 0 Å². The van der Waals surface area contributed by atoms with Crippen LogP contribution in [0.4, 0.5) is 0 Å². The van der Waals surface area contributed by atoms with Crippen LogP contribution in [0.15, 0.2) is 0 Å². The summed E-state index contributed by atoms with van der Waals surface area (Å²) >= 11 is 0. The van der Waals surface area contributed by atoms with Gasteiger partial charge in [-0.2, -0.15) is 4.79 Å². The van der Waals surface area contributed by atoms with E-state index in [-0.39, 0.29) is 24.7 Å². The molecule has 0 unspecified atom stereocenters. The number of carbonyl (C=O) groups excluding carboxylic acids is 1. The summed E-state index contributed by atoms with van der Waals surface area (Å²) in [6, 6.07) is 0. The van der Waals surface area contributed by atoms with Crippen LogP contribution in [-0.2, 0) is 9.59 Å². The first-order valence-electron chi connectivity index (χ1n) is 3.22. The van der Waals surface area contributed by atoms with E-state index >= 15 is 0 Å². The number of ketones is 1. The predicted octanol–water partition coefficient (Wildman–Crippen LogP) is -3.45. The molecule has 4 nitrogen and oxygen atoms in total. The molecule has 0 spiro atoms. The molecular weight excluding hydrogens is 182 g/mol. The molecule has 0 saturated heterocycles. The second-order valence-electron chi connectivity index (χ2n) is 3.40. The zero-order chi connectivity index (χ0) is 9.07. The highest BCUT2D eigenvalue weighted by Crippen LogP contribution is 1.92. The number of hydrogen-bond acceptors (Lipinski definition) is 2. The van der Waals surface area contributed by atoms with Gasteiger partial charge in [0.25, 0.3) is 6.42 Å². The molecule has 0 saturated carbocycles. The standard InChI is InChI=1S/C7H12NO3.ClH/c1-8(2,3)5-6(9)4-7(10)11;/h4H,5H2,1-3H3;1H/q+1;. The van der Waals surface area contributed by atoms with Crippen molar-refractivity contribution in [2.75, 3.05) is 27.7 Å². The van der Waals surface area contributed by atoms with Crippen LogP contribution in [0.1, 0.15) is 0 Å². The van der Waals surface area contributed by atoms with Crippen molar-refractivity contribution in [3.63, 3.8) is 0 Å². The number of carbonyl (C=O) groups is 2. The Labute approximate surface area is 78.2 Å². The van der Waals surface area contributed by atoms with Gasteiger partial charge in [-0.25, -0.2) is 4.79 Å². The Balaban J connectivity index is 0. The van der Waals surface area contributed by atoms with Gasteiger partial charge in [0.15, 0.2) is 6.54 Å². The van der Waals surface area contributed by atoms with E-state index in [0.29, 0.717) is 10.9 Å². The molecule has 1 N–H and O–H groups in total. The number of carboxylic acid groups (broad SMARTS) is 1. The van der Waals surface area contributed by atoms with Gasteiger partial charge in [-0.05, 0) is 0 Å². The molecular formula is C7H13ClNO3+. The quantitative estimate of drug-likeness (QED) is 0.288. The number of Topliss-reactive ketones (excluding diaryl/α,β-unsaturated/α-hetero) is 1. The van der Waals surface area contributed by atoms with Crippen molar-refractivity contribution in [1.82, 2.24) is 0 Å². The number of halogens is 1. The number of carboxylic acids is 1. The summed E-state index contributed by atoms with van der Waals surface area (Å²) in [6.07, 6.45) is 0.698. The maximum atomic E-state index is 10.8. The van der Waals surface area contributed by atoms with Crippen molar-refractivity contribution in [2.45, 2.75) is 0 Å². The van der Waals surface area contributed by atoms with Crippen molar-refractivity contribution in [2.24, 2.45) is 0 Å². The molecule has 0 amide bonds. The molecule has 0 rings (SSSR count). The Hall–Kier alpha value is -0.740. The molecule has 0 heterocycles. The Kier molecular flexibility index (Phi) is 5.76. The minimum absolute atomic E-state index is 0. The summed E-state index contributed by atoms with van der Waals surface area (Å²) in [5.41, 5.74) is 0. The van der Waals surface area contributed by atoms with Gasteiger partial charge in [0.1, 0.15) is 0 Å². The van der Waals surface area contributed by atoms with Gasteiger partial charge >= 0.3 is 11.8 Å². The topological polar surface area (TPSA) is 54.4 Å². The number of aliphatic carboxylic acids is 1. The molecule has 0 aliphatic rings. The van der Waals surface area contributed by atoms with Crippen molar-refractivity contribution in [3.8, 4) is 0 Å². The van der Waals surface area contributed by atoms with E-state index in [9.17, 15) is 9.59 Å². The number of nitrogens with zero attached hydrogens (tertiary/aromatic N) is 1. The largest absolute Gasteiger partial charge is 1.00 e. The van der Waals surface area contributed by atoms with Crippen molar-refractivity contribution in [3.05, 3.63) is 6.42 Å². The number of likely N-dealkylation sites (N-methyl/N-ethyl adjacent to an activating group) is 1. The lowest BCUT2D eigenvalue weighted by atomic mass is 10.2. The van der Waals surface area contributed by atoms with E-state index < -0.39 is 5.97 Å². The van der Waals surface area contributed by atoms with E-state index in [0.717, 1.165) is 0 Å². The van der Waals surface area contributed by atoms with Crippen LogP contribution in [0.3, 0.4) is 0 Å². The monoisotopic (exact) mass is 194 g/mol. The summed E-state index contributed by atoms with van der Waals surface area (Å²) in [4.78, 5) is 20.8. The zero-order valence-electron chi connectivity index (χ0n) is 7.37. The fourth-order valence-corrected chi connectivity index (χ4v) is 0.651. The first-order chi connectivity index (χ1) is 4.81. The van der Waals surface area contributed by atoms with Crippen LogP contribution in [0.5, 0.6) is 0 Å². The molecule has 0 aromatic rings. The maximum Gasteiger partial charge on any atom is 0.503 e. The van der Waals surface area contributed by atoms with Gasteiger partial charge in [0.2, 0.25) is 0 Å². The first-order valence-corrected chi connectivity index (χ1v) is 3.22. The molecule has 0 atom stereocenters. The average Bonchev–Trinajstić information content (AvgIpc) is 1.53. The highest BCUT2D eigenvalue weighted by atomic mass is 35.5. The van der Waals surface area contributed by atoms with Crippen LogP contribution < -0.4 is 12.4 Å². The molecule has 0 radical (unpaired) electrons. The van der Waals surface area contributed by atoms with Crippen LogP contribution in [0.2, 0.25) is 0 Å². The van der Waals surface area contributed by atoms with Crippen LogP contribution in [0, 0.1) is 6.42 Å². The summed E-state index contributed by atoms with van der Waals surface area (Å²) in [6.45, 7) is 0.215. The van der Waals surface area contributed by atoms with Gasteiger partial charge in [-0.1, -0.05) is 0 Å². The Morgan fingerprint density at radius 3 is 2.00 bits per heavy atom. The molecule has 0 fully saturated rings. The normalized spacial score (nSPS) is 9.92. The number of quaternary nitrogens is 1. The third-order valence-corrected chi connectivity index (χ3v) is 0.915. The lowest BCUT2D eigenvalue weighted by Crippen LogP contribution is -3.00. The SMILES string of the molecule is C[N+](C)(C)CC(=O)[CH+]C(=O)O.[Cl-]. The maximum absolute atomic E-state index is 10.8. The summed E-state index contributed by atoms with van der Waals surface area (Å²) in [7, 11) is 5.48. The predicted molar refractivity (Wildman–Crippen MR) is 39.8 cm³/mol. The van der Waals surface area contributed by atoms with Crippen LogP contribution in [-0.4, -0.2) is 49.0 Å². The smallest absolute Gasteiger partial charge is 0.503 e. The minimum Gasteiger partial charge on any atom is -1.00 e. The molecule has 0 aromatic carbocycles. The van der Waals surface area contributed by atoms with Crippen LogP contribution in [0.25, 0.3) is 0 Å². The van der Waals surface area contributed by atoms with Gasteiger partial charge in [-0.3, -0.25) is 0 Å². The molecule has 0 bridgehead atoms. The second kappa shape index (κ2) is 5.00. The average molecular weight is 195 g/mol. The van der Waals surface area contributed by atoms with Gasteiger partial charge in [0, 0.05) is 0 Å². The fourth-order valence-electron chi connectivity index (χ4n) is 0.651. The lowest BCUT2D eigenvalue weighted by Gasteiger charge is -2.19. The Bertz CT molecular complexity index is 174. The summed E-state index contributed by atoms with van der Waals surface area (Å²) in [5.74, 6) is -1.53. The third-order valence-electron chi connectivity index (χ3n) is 0.915. The Morgan fingerprint density at radius 2 is 1.75 bits per heavy atom. The van der Waals surface area contributed by atoms with E-state index in [1.54, 1.807) is 0 Å². The highest BCUT2D eigenvalue weighted by Gasteiger charge is 2.26. The van der Waals surface area contributed by atoms with E-state index in [4.69, 9.17) is 5.11 Å². The molecule has 5 heteroatoms. The van der Waals surface area contributed by atoms with Crippen molar-refractivity contribution in [1.29, 1.82) is 0 Å². The van der Waals surface area contributed by atoms with E-state index in [1.165, 1.54) is 0 Å². The second-order valence-corrected chi connectivity index (χ2v) is 3.40. The van der Waals surface area contributed by atoms with Gasteiger partial charge in [-0.15, -0.1) is 0 Å². The third kappa shape index (κ3) is 9.26. The van der Waals surface area contributed by atoms with E-state index in [2.05, 4.69) is 0 Å². The molecule has 0 aromatic heterocycles. The molecule has 0 aliphatic carbocycles. The van der Waals surface area contributed by atoms with E-state index in [1.807, 2.05) is 21.1 Å². The Morgan fingerprint density at radius 1 is 1.33 bits per heavy atom. The van der Waals surface area contributed by atoms with Crippen molar-refractivity contribution >= 4 is 11.8 Å². The number of rotatable bonds is 4. The van der Waals surface area contributed by atoms with Gasteiger partial charge in [0.05, 0.1) is 21.1 Å². The fraction of sp³-hybridized carbons (Fsp3) is 0.571. The first kappa shape index (κ1) is 13.8. The molecule has 0 aliphatic heterocycles. The molecule has 70 valence electrons. The highest BCUT2D eigenvalue weighted by molar-refractivity contribution is 6.06. The van der Waals surface area contributed by atoms with Gasteiger partial charge < -0.3 is 22.0 Å². The van der Waals surface area contributed by atoms with Crippen molar-refractivity contribution < 1.29 is 31.6 Å². The summed E-state index contributed by atoms with van der Waals surface area (Å²) < 4.78 is 0.447. The summed E-state index contributed by atoms with van der Waals surface area (Å²) in [5, 5.41) is 8.20. The minimum atomic E-state index is -1.18. The lowest BCUT2D eigenvalue weighted by molar-refractivity contribution is -0.861. The zero-order valence-corrected chi connectivity index (χ0v) is 8.13. The number of hydrogen-bond donors (Lipinski definition) is 1. The molecule has 12 heavy (non-hydrogen) atoms.